The number of fused-ring (bicyclic) bond motifs is 4. The van der Waals surface area contributed by atoms with Crippen LogP contribution in [-0.4, -0.2) is 14.5 Å². The second kappa shape index (κ2) is 8.33. The summed E-state index contributed by atoms with van der Waals surface area (Å²) in [7, 11) is 0. The van der Waals surface area contributed by atoms with Crippen LogP contribution in [0.5, 0.6) is 0 Å². The molecule has 3 nitrogen and oxygen atoms in total. The topological polar surface area (TPSA) is 30.7 Å². The van der Waals surface area contributed by atoms with Crippen molar-refractivity contribution in [3.8, 4) is 28.3 Å². The maximum atomic E-state index is 6.49. The van der Waals surface area contributed by atoms with Gasteiger partial charge in [-0.3, -0.25) is 0 Å². The Bertz CT molecular complexity index is 1840. The van der Waals surface area contributed by atoms with Crippen LogP contribution in [0.3, 0.4) is 0 Å². The molecule has 36 heavy (non-hydrogen) atoms. The molecule has 2 heterocycles. The first-order valence-corrected chi connectivity index (χ1v) is 12.3. The second-order valence-electron chi connectivity index (χ2n) is 8.84. The average Bonchev–Trinajstić information content (AvgIpc) is 3.27. The van der Waals surface area contributed by atoms with Gasteiger partial charge in [-0.25, -0.2) is 9.97 Å². The summed E-state index contributed by atoms with van der Waals surface area (Å²) in [4.78, 5) is 9.47. The van der Waals surface area contributed by atoms with Crippen molar-refractivity contribution >= 4 is 44.2 Å². The van der Waals surface area contributed by atoms with E-state index in [9.17, 15) is 0 Å². The van der Waals surface area contributed by atoms with Crippen LogP contribution >= 0.6 is 11.6 Å². The number of benzene rings is 5. The molecule has 0 spiro atoms. The van der Waals surface area contributed by atoms with E-state index in [-0.39, 0.29) is 0 Å². The molecular weight excluding hydrogens is 462 g/mol. The molecule has 0 saturated carbocycles. The minimum atomic E-state index is 0.425. The van der Waals surface area contributed by atoms with Gasteiger partial charge in [0.1, 0.15) is 5.15 Å². The van der Waals surface area contributed by atoms with Gasteiger partial charge in [-0.1, -0.05) is 103 Å². The summed E-state index contributed by atoms with van der Waals surface area (Å²) in [6.07, 6.45) is 0. The summed E-state index contributed by atoms with van der Waals surface area (Å²) >= 11 is 6.49. The Morgan fingerprint density at radius 1 is 0.556 bits per heavy atom. The Morgan fingerprint density at radius 3 is 1.89 bits per heavy atom. The average molecular weight is 482 g/mol. The van der Waals surface area contributed by atoms with Crippen molar-refractivity contribution in [2.24, 2.45) is 0 Å². The lowest BCUT2D eigenvalue weighted by molar-refractivity contribution is 1.17. The quantitative estimate of drug-likeness (QED) is 0.236. The third-order valence-electron chi connectivity index (χ3n) is 6.73. The molecule has 0 aliphatic rings. The molecule has 170 valence electrons. The normalized spacial score (nSPS) is 11.5. The van der Waals surface area contributed by atoms with Crippen molar-refractivity contribution in [3.05, 3.63) is 126 Å². The van der Waals surface area contributed by atoms with E-state index in [0.29, 0.717) is 11.0 Å². The van der Waals surface area contributed by atoms with Crippen molar-refractivity contribution in [1.29, 1.82) is 0 Å². The van der Waals surface area contributed by atoms with E-state index in [0.717, 1.165) is 33.3 Å². The van der Waals surface area contributed by atoms with Crippen LogP contribution in [0.2, 0.25) is 5.15 Å². The number of aromatic nitrogens is 3. The van der Waals surface area contributed by atoms with Crippen molar-refractivity contribution in [3.63, 3.8) is 0 Å². The first kappa shape index (κ1) is 20.9. The highest BCUT2D eigenvalue weighted by Gasteiger charge is 2.13. The molecule has 0 fully saturated rings. The van der Waals surface area contributed by atoms with Crippen LogP contribution in [0.15, 0.2) is 121 Å². The Balaban J connectivity index is 1.34. The van der Waals surface area contributed by atoms with E-state index in [1.54, 1.807) is 0 Å². The zero-order chi connectivity index (χ0) is 24.1. The van der Waals surface area contributed by atoms with Gasteiger partial charge in [-0.05, 0) is 35.0 Å². The van der Waals surface area contributed by atoms with Gasteiger partial charge < -0.3 is 4.57 Å². The van der Waals surface area contributed by atoms with E-state index in [2.05, 4.69) is 101 Å². The molecule has 0 aliphatic carbocycles. The van der Waals surface area contributed by atoms with Crippen LogP contribution in [-0.2, 0) is 0 Å². The predicted octanol–water partition coefficient (Wildman–Crippen LogP) is 8.71. The van der Waals surface area contributed by atoms with Gasteiger partial charge in [0, 0.05) is 33.7 Å². The van der Waals surface area contributed by atoms with Gasteiger partial charge in [0.2, 0.25) is 0 Å². The number of hydrogen-bond donors (Lipinski definition) is 0. The fraction of sp³-hybridized carbons (Fsp3) is 0. The minimum absolute atomic E-state index is 0.425. The summed E-state index contributed by atoms with van der Waals surface area (Å²) < 4.78 is 2.31. The Hall–Kier alpha value is -4.47. The van der Waals surface area contributed by atoms with Crippen molar-refractivity contribution in [2.45, 2.75) is 0 Å². The van der Waals surface area contributed by atoms with Crippen molar-refractivity contribution in [2.75, 3.05) is 0 Å². The highest BCUT2D eigenvalue weighted by molar-refractivity contribution is 6.29. The fourth-order valence-corrected chi connectivity index (χ4v) is 5.27. The maximum absolute atomic E-state index is 6.49. The third-order valence-corrected chi connectivity index (χ3v) is 6.92. The lowest BCUT2D eigenvalue weighted by Crippen LogP contribution is -1.96. The number of hydrogen-bond acceptors (Lipinski definition) is 2. The summed E-state index contributed by atoms with van der Waals surface area (Å²) in [5.74, 6) is 0.626. The third kappa shape index (κ3) is 3.36. The van der Waals surface area contributed by atoms with E-state index in [1.165, 1.54) is 21.8 Å². The number of para-hydroxylation sites is 2. The van der Waals surface area contributed by atoms with Crippen molar-refractivity contribution < 1.29 is 0 Å². The maximum Gasteiger partial charge on any atom is 0.162 e. The molecule has 0 amide bonds. The van der Waals surface area contributed by atoms with Crippen LogP contribution in [0.1, 0.15) is 0 Å². The summed E-state index contributed by atoms with van der Waals surface area (Å²) in [6, 6.07) is 41.8. The Morgan fingerprint density at radius 2 is 1.17 bits per heavy atom. The monoisotopic (exact) mass is 481 g/mol. The molecule has 0 radical (unpaired) electrons. The van der Waals surface area contributed by atoms with E-state index >= 15 is 0 Å². The first-order chi connectivity index (χ1) is 17.8. The standard InChI is InChI=1S/C32H20ClN3/c33-31-20-28(34-32(35-31)27-13-7-9-21-8-1-2-10-24(21)27)22-16-18-23(19-17-22)36-29-14-5-3-11-25(29)26-12-4-6-15-30(26)36/h1-20H. The minimum Gasteiger partial charge on any atom is -0.309 e. The van der Waals surface area contributed by atoms with E-state index in [1.807, 2.05) is 30.3 Å². The molecule has 0 saturated heterocycles. The van der Waals surface area contributed by atoms with Crippen molar-refractivity contribution in [1.82, 2.24) is 14.5 Å². The second-order valence-corrected chi connectivity index (χ2v) is 9.23. The number of nitrogens with zero attached hydrogens (tertiary/aromatic N) is 3. The summed E-state index contributed by atoms with van der Waals surface area (Å²) in [5, 5.41) is 5.18. The predicted molar refractivity (Wildman–Crippen MR) is 150 cm³/mol. The molecule has 0 unspecified atom stereocenters. The van der Waals surface area contributed by atoms with Crippen LogP contribution in [0.4, 0.5) is 0 Å². The zero-order valence-electron chi connectivity index (χ0n) is 19.3. The molecular formula is C32H20ClN3. The molecule has 4 heteroatoms. The molecule has 0 bridgehead atoms. The van der Waals surface area contributed by atoms with Crippen LogP contribution < -0.4 is 0 Å². The van der Waals surface area contributed by atoms with Gasteiger partial charge in [0.05, 0.1) is 16.7 Å². The summed E-state index contributed by atoms with van der Waals surface area (Å²) in [5.41, 5.74) is 6.24. The molecule has 0 aliphatic heterocycles. The van der Waals surface area contributed by atoms with Gasteiger partial charge >= 0.3 is 0 Å². The van der Waals surface area contributed by atoms with Gasteiger partial charge in [0.15, 0.2) is 5.82 Å². The molecule has 5 aromatic carbocycles. The fourth-order valence-electron chi connectivity index (χ4n) is 5.09. The number of halogens is 1. The smallest absolute Gasteiger partial charge is 0.162 e. The Labute approximate surface area is 213 Å². The molecule has 0 atom stereocenters. The SMILES string of the molecule is Clc1cc(-c2ccc(-n3c4ccccc4c4ccccc43)cc2)nc(-c2cccc3ccccc23)n1. The lowest BCUT2D eigenvalue weighted by Gasteiger charge is -2.11. The van der Waals surface area contributed by atoms with Gasteiger partial charge in [0.25, 0.3) is 0 Å². The van der Waals surface area contributed by atoms with Crippen LogP contribution in [0, 0.1) is 0 Å². The zero-order valence-corrected chi connectivity index (χ0v) is 20.0. The first-order valence-electron chi connectivity index (χ1n) is 11.9. The number of rotatable bonds is 3. The molecule has 7 aromatic rings. The highest BCUT2D eigenvalue weighted by Crippen LogP contribution is 2.33. The molecule has 2 aromatic heterocycles. The van der Waals surface area contributed by atoms with Crippen LogP contribution in [0.25, 0.3) is 60.9 Å². The molecule has 0 N–H and O–H groups in total. The van der Waals surface area contributed by atoms with E-state index in [4.69, 9.17) is 16.6 Å². The van der Waals surface area contributed by atoms with Gasteiger partial charge in [-0.2, -0.15) is 0 Å². The summed E-state index contributed by atoms with van der Waals surface area (Å²) in [6.45, 7) is 0. The largest absolute Gasteiger partial charge is 0.309 e. The highest BCUT2D eigenvalue weighted by atomic mass is 35.5. The van der Waals surface area contributed by atoms with Gasteiger partial charge in [-0.15, -0.1) is 0 Å². The Kier molecular flexibility index (Phi) is 4.83. The van der Waals surface area contributed by atoms with E-state index < -0.39 is 0 Å². The lowest BCUT2D eigenvalue weighted by atomic mass is 10.0. The molecule has 7 rings (SSSR count).